The van der Waals surface area contributed by atoms with Gasteiger partial charge in [-0.15, -0.1) is 0 Å². The van der Waals surface area contributed by atoms with Crippen molar-refractivity contribution in [3.8, 4) is 0 Å². The van der Waals surface area contributed by atoms with Crippen LogP contribution in [0.3, 0.4) is 0 Å². The summed E-state index contributed by atoms with van der Waals surface area (Å²) in [7, 11) is 0. The highest BCUT2D eigenvalue weighted by Gasteiger charge is 2.30. The first-order valence-corrected chi connectivity index (χ1v) is 8.96. The van der Waals surface area contributed by atoms with Gasteiger partial charge in [-0.1, -0.05) is 62.2 Å². The molecule has 2 unspecified atom stereocenters. The summed E-state index contributed by atoms with van der Waals surface area (Å²) in [6.45, 7) is 4.27. The molecule has 2 atom stereocenters. The summed E-state index contributed by atoms with van der Waals surface area (Å²) in [4.78, 5) is 0. The SMILES string of the molecule is Cc1ccc(C2CCNCC2c2ccccc2Br)c(Br)c1. The molecule has 1 saturated heterocycles. The number of aryl methyl sites for hydroxylation is 1. The Labute approximate surface area is 143 Å². The second-order valence-corrected chi connectivity index (χ2v) is 7.46. The topological polar surface area (TPSA) is 12.0 Å². The molecule has 110 valence electrons. The van der Waals surface area contributed by atoms with Gasteiger partial charge < -0.3 is 5.32 Å². The molecular weight excluding hydrogens is 390 g/mol. The molecule has 2 aromatic rings. The summed E-state index contributed by atoms with van der Waals surface area (Å²) in [5.41, 5.74) is 4.14. The molecule has 1 aliphatic heterocycles. The Hall–Kier alpha value is -0.640. The molecule has 0 radical (unpaired) electrons. The van der Waals surface area contributed by atoms with Crippen molar-refractivity contribution >= 4 is 31.9 Å². The molecule has 0 aliphatic carbocycles. The fourth-order valence-corrected chi connectivity index (χ4v) is 4.63. The zero-order valence-electron chi connectivity index (χ0n) is 12.1. The van der Waals surface area contributed by atoms with Gasteiger partial charge >= 0.3 is 0 Å². The fraction of sp³-hybridized carbons (Fsp3) is 0.333. The predicted octanol–water partition coefficient (Wildman–Crippen LogP) is 5.38. The molecule has 1 nitrogen and oxygen atoms in total. The van der Waals surface area contributed by atoms with Gasteiger partial charge in [0.05, 0.1) is 0 Å². The lowest BCUT2D eigenvalue weighted by molar-refractivity contribution is 0.402. The minimum absolute atomic E-state index is 0.508. The summed E-state index contributed by atoms with van der Waals surface area (Å²) in [5.74, 6) is 1.06. The van der Waals surface area contributed by atoms with E-state index in [9.17, 15) is 0 Å². The normalized spacial score (nSPS) is 22.2. The van der Waals surface area contributed by atoms with Crippen molar-refractivity contribution < 1.29 is 0 Å². The Morgan fingerprint density at radius 2 is 1.71 bits per heavy atom. The number of hydrogen-bond acceptors (Lipinski definition) is 1. The van der Waals surface area contributed by atoms with E-state index in [2.05, 4.69) is 86.6 Å². The summed E-state index contributed by atoms with van der Waals surface area (Å²) >= 11 is 7.49. The first-order chi connectivity index (χ1) is 10.2. The lowest BCUT2D eigenvalue weighted by atomic mass is 9.77. The van der Waals surface area contributed by atoms with E-state index >= 15 is 0 Å². The number of hydrogen-bond donors (Lipinski definition) is 1. The van der Waals surface area contributed by atoms with Crippen LogP contribution in [-0.2, 0) is 0 Å². The summed E-state index contributed by atoms with van der Waals surface area (Å²) in [6.07, 6.45) is 1.17. The Morgan fingerprint density at radius 3 is 2.48 bits per heavy atom. The van der Waals surface area contributed by atoms with Crippen molar-refractivity contribution in [2.24, 2.45) is 0 Å². The van der Waals surface area contributed by atoms with E-state index in [1.54, 1.807) is 0 Å². The van der Waals surface area contributed by atoms with Crippen LogP contribution < -0.4 is 5.32 Å². The van der Waals surface area contributed by atoms with Crippen molar-refractivity contribution in [2.75, 3.05) is 13.1 Å². The van der Waals surface area contributed by atoms with E-state index < -0.39 is 0 Å². The Morgan fingerprint density at radius 1 is 0.952 bits per heavy atom. The zero-order chi connectivity index (χ0) is 14.8. The first-order valence-electron chi connectivity index (χ1n) is 7.38. The molecule has 0 saturated carbocycles. The average Bonchev–Trinajstić information content (AvgIpc) is 2.48. The van der Waals surface area contributed by atoms with Gasteiger partial charge in [-0.3, -0.25) is 0 Å². The number of nitrogens with one attached hydrogen (secondary N) is 1. The largest absolute Gasteiger partial charge is 0.316 e. The molecule has 21 heavy (non-hydrogen) atoms. The van der Waals surface area contributed by atoms with Gasteiger partial charge in [0.1, 0.15) is 0 Å². The second kappa shape index (κ2) is 6.64. The maximum absolute atomic E-state index is 3.77. The highest BCUT2D eigenvalue weighted by Crippen LogP contribution is 2.42. The minimum Gasteiger partial charge on any atom is -0.316 e. The van der Waals surface area contributed by atoms with Gasteiger partial charge in [-0.2, -0.15) is 0 Å². The van der Waals surface area contributed by atoms with Gasteiger partial charge in [0, 0.05) is 21.4 Å². The van der Waals surface area contributed by atoms with Crippen LogP contribution in [0.25, 0.3) is 0 Å². The molecular formula is C18H19Br2N. The third-order valence-corrected chi connectivity index (χ3v) is 5.75. The highest BCUT2D eigenvalue weighted by atomic mass is 79.9. The standard InChI is InChI=1S/C18H19Br2N/c1-12-6-7-15(18(20)10-12)13-8-9-21-11-16(13)14-4-2-3-5-17(14)19/h2-7,10,13,16,21H,8-9,11H2,1H3. The van der Waals surface area contributed by atoms with Crippen LogP contribution in [0.2, 0.25) is 0 Å². The number of halogens is 2. The number of rotatable bonds is 2. The molecule has 3 rings (SSSR count). The fourth-order valence-electron chi connectivity index (χ4n) is 3.27. The smallest absolute Gasteiger partial charge is 0.0212 e. The molecule has 3 heteroatoms. The maximum Gasteiger partial charge on any atom is 0.0212 e. The summed E-state index contributed by atoms with van der Waals surface area (Å²) in [6, 6.07) is 15.4. The van der Waals surface area contributed by atoms with Gasteiger partial charge in [0.15, 0.2) is 0 Å². The molecule has 0 bridgehead atoms. The van der Waals surface area contributed by atoms with Crippen LogP contribution in [0.4, 0.5) is 0 Å². The zero-order valence-corrected chi connectivity index (χ0v) is 15.2. The Bertz CT molecular complexity index is 639. The van der Waals surface area contributed by atoms with Crippen molar-refractivity contribution in [3.63, 3.8) is 0 Å². The molecule has 0 amide bonds. The van der Waals surface area contributed by atoms with E-state index in [4.69, 9.17) is 0 Å². The third kappa shape index (κ3) is 3.25. The lowest BCUT2D eigenvalue weighted by Gasteiger charge is -2.34. The number of piperidine rings is 1. The van der Waals surface area contributed by atoms with Crippen LogP contribution in [0, 0.1) is 6.92 Å². The van der Waals surface area contributed by atoms with Gasteiger partial charge in [0.2, 0.25) is 0 Å². The lowest BCUT2D eigenvalue weighted by Crippen LogP contribution is -2.34. The van der Waals surface area contributed by atoms with Crippen LogP contribution in [0.1, 0.15) is 34.9 Å². The summed E-state index contributed by atoms with van der Waals surface area (Å²) in [5, 5.41) is 3.55. The molecule has 1 fully saturated rings. The van der Waals surface area contributed by atoms with Gasteiger partial charge in [0.25, 0.3) is 0 Å². The molecule has 0 aromatic heterocycles. The highest BCUT2D eigenvalue weighted by molar-refractivity contribution is 9.10. The maximum atomic E-state index is 3.77. The number of benzene rings is 2. The monoisotopic (exact) mass is 407 g/mol. The van der Waals surface area contributed by atoms with Crippen LogP contribution in [0.15, 0.2) is 51.4 Å². The molecule has 1 heterocycles. The molecule has 1 N–H and O–H groups in total. The third-order valence-electron chi connectivity index (χ3n) is 4.34. The van der Waals surface area contributed by atoms with E-state index in [0.717, 1.165) is 13.1 Å². The van der Waals surface area contributed by atoms with Crippen LogP contribution in [0.5, 0.6) is 0 Å². The van der Waals surface area contributed by atoms with Crippen molar-refractivity contribution in [1.82, 2.24) is 5.32 Å². The minimum atomic E-state index is 0.508. The summed E-state index contributed by atoms with van der Waals surface area (Å²) < 4.78 is 2.46. The van der Waals surface area contributed by atoms with E-state index in [-0.39, 0.29) is 0 Å². The predicted molar refractivity (Wildman–Crippen MR) is 96.0 cm³/mol. The van der Waals surface area contributed by atoms with Crippen LogP contribution >= 0.6 is 31.9 Å². The molecule has 2 aromatic carbocycles. The van der Waals surface area contributed by atoms with E-state index in [0.29, 0.717) is 11.8 Å². The van der Waals surface area contributed by atoms with Crippen molar-refractivity contribution in [1.29, 1.82) is 0 Å². The van der Waals surface area contributed by atoms with Gasteiger partial charge in [-0.25, -0.2) is 0 Å². The van der Waals surface area contributed by atoms with Crippen LogP contribution in [-0.4, -0.2) is 13.1 Å². The molecule has 1 aliphatic rings. The van der Waals surface area contributed by atoms with E-state index in [1.165, 1.54) is 32.1 Å². The Kier molecular flexibility index (Phi) is 4.82. The molecule has 0 spiro atoms. The van der Waals surface area contributed by atoms with Gasteiger partial charge in [-0.05, 0) is 54.6 Å². The average molecular weight is 409 g/mol. The first kappa shape index (κ1) is 15.3. The second-order valence-electron chi connectivity index (χ2n) is 5.75. The van der Waals surface area contributed by atoms with Crippen molar-refractivity contribution in [2.45, 2.75) is 25.2 Å². The van der Waals surface area contributed by atoms with Crippen molar-refractivity contribution in [3.05, 3.63) is 68.1 Å². The quantitative estimate of drug-likeness (QED) is 0.703. The van der Waals surface area contributed by atoms with E-state index in [1.807, 2.05) is 0 Å². The Balaban J connectivity index is 2.00.